The molecule has 1 unspecified atom stereocenters. The average Bonchev–Trinajstić information content (AvgIpc) is 2.67. The molecule has 96 valence electrons. The number of carbonyl (C=O) groups is 1. The minimum atomic E-state index is -0.495. The van der Waals surface area contributed by atoms with Gasteiger partial charge in [0.15, 0.2) is 11.2 Å². The summed E-state index contributed by atoms with van der Waals surface area (Å²) >= 11 is 6.03. The van der Waals surface area contributed by atoms with E-state index in [4.69, 9.17) is 22.1 Å². The Bertz CT molecular complexity index is 595. The van der Waals surface area contributed by atoms with Crippen molar-refractivity contribution in [2.24, 2.45) is 5.73 Å². The highest BCUT2D eigenvalue weighted by Crippen LogP contribution is 2.26. The lowest BCUT2D eigenvalue weighted by atomic mass is 10.4. The highest BCUT2D eigenvalue weighted by molar-refractivity contribution is 6.20. The van der Waals surface area contributed by atoms with Crippen molar-refractivity contribution >= 4 is 28.7 Å². The van der Waals surface area contributed by atoms with Gasteiger partial charge in [0.2, 0.25) is 11.8 Å². The molecule has 7 nitrogen and oxygen atoms in total. The predicted molar refractivity (Wildman–Crippen MR) is 65.3 cm³/mol. The maximum absolute atomic E-state index is 11.1. The summed E-state index contributed by atoms with van der Waals surface area (Å²) in [6.45, 7) is 1.71. The average molecular weight is 270 g/mol. The number of carbonyl (C=O) groups excluding carboxylic acids is 1. The number of methoxy groups -OCH3 is 1. The van der Waals surface area contributed by atoms with Gasteiger partial charge in [-0.2, -0.15) is 4.98 Å². The van der Waals surface area contributed by atoms with E-state index in [9.17, 15) is 4.79 Å². The zero-order chi connectivity index (χ0) is 13.3. The molecule has 0 fully saturated rings. The number of hydrogen-bond acceptors (Lipinski definition) is 5. The van der Waals surface area contributed by atoms with Crippen LogP contribution in [0, 0.1) is 0 Å². The van der Waals surface area contributed by atoms with Gasteiger partial charge in [0.1, 0.15) is 18.7 Å². The summed E-state index contributed by atoms with van der Waals surface area (Å²) in [5.74, 6) is 0.344. The van der Waals surface area contributed by atoms with Gasteiger partial charge in [-0.25, -0.2) is 9.97 Å². The normalized spacial score (nSPS) is 12.6. The van der Waals surface area contributed by atoms with Gasteiger partial charge in [-0.05, 0) is 6.92 Å². The smallest absolute Gasteiger partial charge is 0.245 e. The minimum Gasteiger partial charge on any atom is -0.479 e. The number of halogens is 1. The number of nitrogens with two attached hydrogens (primary N) is 1. The molecule has 0 aliphatic heterocycles. The lowest BCUT2D eigenvalue weighted by Gasteiger charge is -2.06. The van der Waals surface area contributed by atoms with Crippen LogP contribution in [0.5, 0.6) is 5.88 Å². The molecule has 2 rings (SSSR count). The van der Waals surface area contributed by atoms with Gasteiger partial charge < -0.3 is 15.0 Å². The third-order valence-electron chi connectivity index (χ3n) is 2.39. The molecule has 0 bridgehead atoms. The van der Waals surface area contributed by atoms with Crippen LogP contribution in [-0.2, 0) is 11.3 Å². The summed E-state index contributed by atoms with van der Waals surface area (Å²) in [6.07, 6.45) is 1.34. The minimum absolute atomic E-state index is 0.0386. The van der Waals surface area contributed by atoms with Crippen LogP contribution in [0.1, 0.15) is 18.1 Å². The van der Waals surface area contributed by atoms with E-state index in [1.165, 1.54) is 13.4 Å². The summed E-state index contributed by atoms with van der Waals surface area (Å²) in [6, 6.07) is 0. The third kappa shape index (κ3) is 2.08. The van der Waals surface area contributed by atoms with Crippen LogP contribution in [0.15, 0.2) is 6.33 Å². The number of hydrogen-bond donors (Lipinski definition) is 1. The molecule has 0 spiro atoms. The van der Waals surface area contributed by atoms with Crippen LogP contribution in [0.4, 0.5) is 0 Å². The van der Waals surface area contributed by atoms with Crippen LogP contribution < -0.4 is 10.5 Å². The Morgan fingerprint density at radius 1 is 1.61 bits per heavy atom. The van der Waals surface area contributed by atoms with Gasteiger partial charge in [0.25, 0.3) is 0 Å². The Balaban J connectivity index is 2.71. The summed E-state index contributed by atoms with van der Waals surface area (Å²) in [5.41, 5.74) is 6.15. The highest BCUT2D eigenvalue weighted by atomic mass is 35.5. The largest absolute Gasteiger partial charge is 0.479 e. The molecule has 8 heteroatoms. The van der Waals surface area contributed by atoms with E-state index >= 15 is 0 Å². The fourth-order valence-corrected chi connectivity index (χ4v) is 1.86. The molecular weight excluding hydrogens is 258 g/mol. The zero-order valence-electron chi connectivity index (χ0n) is 9.92. The van der Waals surface area contributed by atoms with E-state index in [1.807, 2.05) is 0 Å². The van der Waals surface area contributed by atoms with Crippen molar-refractivity contribution in [2.45, 2.75) is 18.8 Å². The van der Waals surface area contributed by atoms with Gasteiger partial charge in [0.05, 0.1) is 12.5 Å². The Kier molecular flexibility index (Phi) is 3.33. The number of rotatable bonds is 4. The molecule has 0 saturated heterocycles. The number of alkyl halides is 1. The first-order valence-corrected chi connectivity index (χ1v) is 5.65. The van der Waals surface area contributed by atoms with Crippen LogP contribution >= 0.6 is 11.6 Å². The van der Waals surface area contributed by atoms with E-state index in [2.05, 4.69) is 15.0 Å². The van der Waals surface area contributed by atoms with Crippen LogP contribution in [0.25, 0.3) is 11.2 Å². The molecule has 0 radical (unpaired) electrons. The van der Waals surface area contributed by atoms with E-state index in [1.54, 1.807) is 11.5 Å². The fourth-order valence-electron chi connectivity index (χ4n) is 1.70. The number of amides is 1. The van der Waals surface area contributed by atoms with Crippen molar-refractivity contribution in [3.05, 3.63) is 12.2 Å². The van der Waals surface area contributed by atoms with Gasteiger partial charge in [0, 0.05) is 0 Å². The Morgan fingerprint density at radius 2 is 2.33 bits per heavy atom. The van der Waals surface area contributed by atoms with E-state index in [-0.39, 0.29) is 11.9 Å². The number of imidazole rings is 1. The molecular formula is C10H12ClN5O2. The molecule has 1 atom stereocenters. The van der Waals surface area contributed by atoms with Crippen molar-refractivity contribution in [3.8, 4) is 5.88 Å². The first kappa shape index (κ1) is 12.6. The van der Waals surface area contributed by atoms with E-state index < -0.39 is 5.91 Å². The molecule has 0 aliphatic rings. The van der Waals surface area contributed by atoms with Gasteiger partial charge in [-0.3, -0.25) is 4.79 Å². The van der Waals surface area contributed by atoms with Crippen LogP contribution in [0.2, 0.25) is 0 Å². The van der Waals surface area contributed by atoms with Crippen molar-refractivity contribution in [3.63, 3.8) is 0 Å². The lowest BCUT2D eigenvalue weighted by Crippen LogP contribution is -2.20. The van der Waals surface area contributed by atoms with Crippen molar-refractivity contribution < 1.29 is 9.53 Å². The Hall–Kier alpha value is -1.89. The highest BCUT2D eigenvalue weighted by Gasteiger charge is 2.20. The van der Waals surface area contributed by atoms with Crippen molar-refractivity contribution in [1.82, 2.24) is 19.5 Å². The van der Waals surface area contributed by atoms with E-state index in [0.717, 1.165) is 0 Å². The standard InChI is InChI=1S/C10H12ClN5O2/c1-5(11)8-15-7-9(16(8)3-6(12)17)13-4-14-10(7)18-2/h4-5H,3H2,1-2H3,(H2,12,17). The summed E-state index contributed by atoms with van der Waals surface area (Å²) < 4.78 is 6.66. The monoisotopic (exact) mass is 269 g/mol. The topological polar surface area (TPSA) is 95.9 Å². The quantitative estimate of drug-likeness (QED) is 0.821. The van der Waals surface area contributed by atoms with Crippen molar-refractivity contribution in [1.29, 1.82) is 0 Å². The zero-order valence-corrected chi connectivity index (χ0v) is 10.7. The predicted octanol–water partition coefficient (Wildman–Crippen LogP) is 0.620. The van der Waals surface area contributed by atoms with Crippen LogP contribution in [0.3, 0.4) is 0 Å². The maximum atomic E-state index is 11.1. The third-order valence-corrected chi connectivity index (χ3v) is 2.59. The molecule has 0 aromatic carbocycles. The van der Waals surface area contributed by atoms with Crippen molar-refractivity contribution in [2.75, 3.05) is 7.11 Å². The number of ether oxygens (including phenoxy) is 1. The summed E-state index contributed by atoms with van der Waals surface area (Å²) in [5, 5.41) is -0.386. The number of primary amides is 1. The molecule has 0 aliphatic carbocycles. The summed E-state index contributed by atoms with van der Waals surface area (Å²) in [4.78, 5) is 23.4. The summed E-state index contributed by atoms with van der Waals surface area (Å²) in [7, 11) is 1.48. The van der Waals surface area contributed by atoms with Gasteiger partial charge >= 0.3 is 0 Å². The van der Waals surface area contributed by atoms with Gasteiger partial charge in [-0.1, -0.05) is 0 Å². The molecule has 0 saturated carbocycles. The molecule has 2 aromatic heterocycles. The van der Waals surface area contributed by atoms with Crippen LogP contribution in [-0.4, -0.2) is 32.5 Å². The molecule has 2 N–H and O–H groups in total. The SMILES string of the molecule is COc1ncnc2c1nc(C(C)Cl)n2CC(N)=O. The number of aromatic nitrogens is 4. The lowest BCUT2D eigenvalue weighted by molar-refractivity contribution is -0.118. The van der Waals surface area contributed by atoms with E-state index in [0.29, 0.717) is 22.9 Å². The molecule has 2 aromatic rings. The first-order chi connectivity index (χ1) is 8.54. The second kappa shape index (κ2) is 4.77. The number of fused-ring (bicyclic) bond motifs is 1. The number of nitrogens with zero attached hydrogens (tertiary/aromatic N) is 4. The molecule has 1 amide bonds. The molecule has 18 heavy (non-hydrogen) atoms. The second-order valence-electron chi connectivity index (χ2n) is 3.69. The fraction of sp³-hybridized carbons (Fsp3) is 0.400. The first-order valence-electron chi connectivity index (χ1n) is 5.22. The Morgan fingerprint density at radius 3 is 2.89 bits per heavy atom. The Labute approximate surface area is 108 Å². The maximum Gasteiger partial charge on any atom is 0.245 e. The van der Waals surface area contributed by atoms with Gasteiger partial charge in [-0.15, -0.1) is 11.6 Å². The second-order valence-corrected chi connectivity index (χ2v) is 4.35. The molecule has 2 heterocycles.